The van der Waals surface area contributed by atoms with Gasteiger partial charge in [0.05, 0.1) is 12.7 Å². The average molecular weight is 221 g/mol. The molecule has 0 aromatic rings. The minimum absolute atomic E-state index is 0.397. The first-order chi connectivity index (χ1) is 6.86. The third kappa shape index (κ3) is 2.42. The zero-order valence-corrected chi connectivity index (χ0v) is 7.54. The lowest BCUT2D eigenvalue weighted by Gasteiger charge is -2.19. The molecule has 1 heterocycles. The Kier molecular flexibility index (Phi) is 2.92. The molecule has 0 aromatic heterocycles. The van der Waals surface area contributed by atoms with Crippen molar-refractivity contribution in [1.29, 1.82) is 0 Å². The van der Waals surface area contributed by atoms with E-state index in [0.717, 1.165) is 7.11 Å². The number of alkyl halides is 3. The largest absolute Gasteiger partial charge is 0.466 e. The van der Waals surface area contributed by atoms with E-state index in [9.17, 15) is 22.8 Å². The monoisotopic (exact) mass is 221 g/mol. The molecule has 1 aliphatic heterocycles. The number of methoxy groups -OCH3 is 1. The minimum atomic E-state index is -4.66. The number of carbonyl (C=O) groups excluding carboxylic acids is 2. The van der Waals surface area contributed by atoms with E-state index >= 15 is 0 Å². The number of halogens is 3. The van der Waals surface area contributed by atoms with Gasteiger partial charge in [0.25, 0.3) is 5.91 Å². The van der Waals surface area contributed by atoms with Gasteiger partial charge >= 0.3 is 12.1 Å². The van der Waals surface area contributed by atoms with Gasteiger partial charge in [0.1, 0.15) is 5.92 Å². The Morgan fingerprint density at radius 2 is 2.13 bits per heavy atom. The highest BCUT2D eigenvalue weighted by atomic mass is 19.4. The van der Waals surface area contributed by atoms with Crippen molar-refractivity contribution in [3.63, 3.8) is 0 Å². The Morgan fingerprint density at radius 3 is 2.60 bits per heavy atom. The van der Waals surface area contributed by atoms with E-state index in [2.05, 4.69) is 9.73 Å². The van der Waals surface area contributed by atoms with Crippen LogP contribution >= 0.6 is 0 Å². The summed E-state index contributed by atoms with van der Waals surface area (Å²) >= 11 is 0. The number of dihydropyridines is 1. The van der Waals surface area contributed by atoms with Crippen LogP contribution in [0, 0.1) is 5.92 Å². The van der Waals surface area contributed by atoms with Crippen LogP contribution in [0.25, 0.3) is 0 Å². The van der Waals surface area contributed by atoms with Gasteiger partial charge in [0, 0.05) is 12.3 Å². The fourth-order valence-electron chi connectivity index (χ4n) is 1.05. The third-order valence-electron chi connectivity index (χ3n) is 1.74. The van der Waals surface area contributed by atoms with Gasteiger partial charge in [0.15, 0.2) is 0 Å². The predicted octanol–water partition coefficient (Wildman–Crippen LogP) is 0.875. The predicted molar refractivity (Wildman–Crippen MR) is 43.1 cm³/mol. The summed E-state index contributed by atoms with van der Waals surface area (Å²) in [5, 5.41) is 0. The van der Waals surface area contributed by atoms with E-state index in [0.29, 0.717) is 12.3 Å². The molecule has 0 aromatic carbocycles. The summed E-state index contributed by atoms with van der Waals surface area (Å²) in [5.41, 5.74) is -0.745. The van der Waals surface area contributed by atoms with E-state index in [1.54, 1.807) is 0 Å². The fraction of sp³-hybridized carbons (Fsp3) is 0.375. The first kappa shape index (κ1) is 11.4. The van der Waals surface area contributed by atoms with Gasteiger partial charge in [-0.15, -0.1) is 0 Å². The van der Waals surface area contributed by atoms with E-state index < -0.39 is 29.5 Å². The lowest BCUT2D eigenvalue weighted by Crippen LogP contribution is -2.32. The van der Waals surface area contributed by atoms with E-state index in [-0.39, 0.29) is 0 Å². The molecule has 1 amide bonds. The standard InChI is InChI=1S/C8H6F3NO3/c1-15-7(14)4-2-6(13)12-3-5(4)8(9,10)11/h2-3,5H,1H3. The van der Waals surface area contributed by atoms with Crippen LogP contribution < -0.4 is 0 Å². The summed E-state index contributed by atoms with van der Waals surface area (Å²) in [6.45, 7) is 0. The van der Waals surface area contributed by atoms with Crippen LogP contribution in [0.1, 0.15) is 0 Å². The van der Waals surface area contributed by atoms with Crippen LogP contribution in [0.2, 0.25) is 0 Å². The number of aliphatic imine (C=N–C) groups is 1. The molecule has 1 unspecified atom stereocenters. The lowest BCUT2D eigenvalue weighted by atomic mass is 9.97. The molecular weight excluding hydrogens is 215 g/mol. The van der Waals surface area contributed by atoms with Gasteiger partial charge in [-0.25, -0.2) is 9.79 Å². The molecule has 1 aliphatic rings. The lowest BCUT2D eigenvalue weighted by molar-refractivity contribution is -0.155. The molecule has 0 saturated carbocycles. The molecule has 0 bridgehead atoms. The number of rotatable bonds is 1. The number of esters is 1. The van der Waals surface area contributed by atoms with Crippen molar-refractivity contribution in [2.75, 3.05) is 7.11 Å². The Balaban J connectivity index is 3.07. The highest BCUT2D eigenvalue weighted by Crippen LogP contribution is 2.32. The van der Waals surface area contributed by atoms with Gasteiger partial charge in [-0.3, -0.25) is 4.79 Å². The van der Waals surface area contributed by atoms with Crippen LogP contribution in [0.5, 0.6) is 0 Å². The number of amides is 1. The smallest absolute Gasteiger partial charge is 0.400 e. The number of carbonyl (C=O) groups is 2. The molecule has 1 rings (SSSR count). The molecule has 7 heteroatoms. The van der Waals surface area contributed by atoms with Crippen LogP contribution in [-0.2, 0) is 14.3 Å². The zero-order chi connectivity index (χ0) is 11.6. The molecule has 15 heavy (non-hydrogen) atoms. The maximum atomic E-state index is 12.4. The highest BCUT2D eigenvalue weighted by Gasteiger charge is 2.45. The summed E-state index contributed by atoms with van der Waals surface area (Å²) in [7, 11) is 0.937. The number of ether oxygens (including phenoxy) is 1. The second-order valence-electron chi connectivity index (χ2n) is 2.73. The van der Waals surface area contributed by atoms with Crippen molar-refractivity contribution < 1.29 is 27.5 Å². The van der Waals surface area contributed by atoms with Gasteiger partial charge in [0.2, 0.25) is 0 Å². The van der Waals surface area contributed by atoms with Gasteiger partial charge < -0.3 is 4.74 Å². The molecular formula is C8H6F3NO3. The van der Waals surface area contributed by atoms with E-state index in [1.165, 1.54) is 0 Å². The Hall–Kier alpha value is -1.66. The number of hydrogen-bond donors (Lipinski definition) is 0. The van der Waals surface area contributed by atoms with Gasteiger partial charge in [-0.05, 0) is 0 Å². The molecule has 0 radical (unpaired) electrons. The van der Waals surface area contributed by atoms with Gasteiger partial charge in [-0.2, -0.15) is 13.2 Å². The van der Waals surface area contributed by atoms with E-state index in [4.69, 9.17) is 0 Å². The first-order valence-electron chi connectivity index (χ1n) is 3.81. The van der Waals surface area contributed by atoms with Crippen molar-refractivity contribution in [3.05, 3.63) is 11.6 Å². The summed E-state index contributed by atoms with van der Waals surface area (Å²) in [6.07, 6.45) is -3.73. The van der Waals surface area contributed by atoms with Crippen LogP contribution in [0.4, 0.5) is 13.2 Å². The topological polar surface area (TPSA) is 55.7 Å². The molecule has 82 valence electrons. The van der Waals surface area contributed by atoms with Crippen molar-refractivity contribution in [3.8, 4) is 0 Å². The van der Waals surface area contributed by atoms with Crippen LogP contribution in [0.3, 0.4) is 0 Å². The summed E-state index contributed by atoms with van der Waals surface area (Å²) < 4.78 is 41.2. The van der Waals surface area contributed by atoms with Crippen molar-refractivity contribution in [1.82, 2.24) is 0 Å². The molecule has 0 spiro atoms. The molecule has 1 atom stereocenters. The quantitative estimate of drug-likeness (QED) is 0.617. The van der Waals surface area contributed by atoms with E-state index in [1.807, 2.05) is 0 Å². The maximum Gasteiger partial charge on any atom is 0.400 e. The van der Waals surface area contributed by atoms with Crippen molar-refractivity contribution in [2.45, 2.75) is 6.18 Å². The Bertz CT molecular complexity index is 357. The summed E-state index contributed by atoms with van der Waals surface area (Å²) in [6, 6.07) is 0. The second-order valence-corrected chi connectivity index (χ2v) is 2.73. The first-order valence-corrected chi connectivity index (χ1v) is 3.81. The van der Waals surface area contributed by atoms with Crippen LogP contribution in [-0.4, -0.2) is 31.4 Å². The number of nitrogens with zero attached hydrogens (tertiary/aromatic N) is 1. The SMILES string of the molecule is COC(=O)C1=CC(=O)N=CC1C(F)(F)F. The highest BCUT2D eigenvalue weighted by molar-refractivity contribution is 6.07. The summed E-state index contributed by atoms with van der Waals surface area (Å²) in [4.78, 5) is 24.7. The van der Waals surface area contributed by atoms with Crippen LogP contribution in [0.15, 0.2) is 16.6 Å². The van der Waals surface area contributed by atoms with Gasteiger partial charge in [-0.1, -0.05) is 0 Å². The zero-order valence-electron chi connectivity index (χ0n) is 7.54. The molecule has 0 N–H and O–H groups in total. The fourth-order valence-corrected chi connectivity index (χ4v) is 1.05. The molecule has 4 nitrogen and oxygen atoms in total. The minimum Gasteiger partial charge on any atom is -0.466 e. The summed E-state index contributed by atoms with van der Waals surface area (Å²) in [5.74, 6) is -4.27. The molecule has 0 saturated heterocycles. The Labute approximate surface area is 82.4 Å². The molecule has 0 aliphatic carbocycles. The Morgan fingerprint density at radius 1 is 1.53 bits per heavy atom. The normalized spacial score (nSPS) is 21.2. The molecule has 0 fully saturated rings. The van der Waals surface area contributed by atoms with Crippen molar-refractivity contribution in [2.24, 2.45) is 10.9 Å². The second kappa shape index (κ2) is 3.84. The third-order valence-corrected chi connectivity index (χ3v) is 1.74. The number of hydrogen-bond acceptors (Lipinski definition) is 3. The maximum absolute atomic E-state index is 12.4. The average Bonchev–Trinajstić information content (AvgIpc) is 2.14. The van der Waals surface area contributed by atoms with Crippen molar-refractivity contribution >= 4 is 18.1 Å².